The second-order valence-corrected chi connectivity index (χ2v) is 4.13. The fraction of sp³-hybridized carbons (Fsp3) is 0.818. The van der Waals surface area contributed by atoms with Crippen molar-refractivity contribution in [2.24, 2.45) is 0 Å². The molecule has 1 N–H and O–H groups in total. The second-order valence-electron chi connectivity index (χ2n) is 4.13. The number of Topliss-reactive ketones (excluding diaryl/α,β-unsaturated/α-hetero) is 1. The number of urea groups is 1. The second kappa shape index (κ2) is 5.73. The molecule has 1 aliphatic heterocycles. The maximum atomic E-state index is 11.7. The predicted molar refractivity (Wildman–Crippen MR) is 58.7 cm³/mol. The highest BCUT2D eigenvalue weighted by molar-refractivity contribution is 5.79. The van der Waals surface area contributed by atoms with Crippen molar-refractivity contribution in [1.82, 2.24) is 10.2 Å². The van der Waals surface area contributed by atoms with Crippen molar-refractivity contribution in [2.45, 2.75) is 45.6 Å². The average Bonchev–Trinajstić information content (AvgIpc) is 2.61. The minimum absolute atomic E-state index is 0.0133. The van der Waals surface area contributed by atoms with Gasteiger partial charge in [0, 0.05) is 25.6 Å². The summed E-state index contributed by atoms with van der Waals surface area (Å²) in [6, 6.07) is 0.111. The molecule has 1 heterocycles. The molecule has 1 rings (SSSR count). The molecule has 1 unspecified atom stereocenters. The van der Waals surface area contributed by atoms with E-state index in [1.165, 1.54) is 0 Å². The maximum absolute atomic E-state index is 11.7. The molecule has 2 amide bonds. The largest absolute Gasteiger partial charge is 0.338 e. The summed E-state index contributed by atoms with van der Waals surface area (Å²) in [5.74, 6) is 0.162. The molecule has 86 valence electrons. The van der Waals surface area contributed by atoms with Crippen molar-refractivity contribution in [3.05, 3.63) is 0 Å². The van der Waals surface area contributed by atoms with Gasteiger partial charge in [-0.25, -0.2) is 4.79 Å². The van der Waals surface area contributed by atoms with Crippen LogP contribution in [0.3, 0.4) is 0 Å². The fourth-order valence-electron chi connectivity index (χ4n) is 1.98. The summed E-state index contributed by atoms with van der Waals surface area (Å²) in [7, 11) is 0. The lowest BCUT2D eigenvalue weighted by Crippen LogP contribution is -2.43. The highest BCUT2D eigenvalue weighted by Gasteiger charge is 2.28. The van der Waals surface area contributed by atoms with Crippen LogP contribution in [-0.2, 0) is 4.79 Å². The van der Waals surface area contributed by atoms with E-state index in [2.05, 4.69) is 5.32 Å². The van der Waals surface area contributed by atoms with E-state index in [0.29, 0.717) is 13.0 Å². The highest BCUT2D eigenvalue weighted by atomic mass is 16.2. The van der Waals surface area contributed by atoms with Crippen LogP contribution in [0.15, 0.2) is 0 Å². The monoisotopic (exact) mass is 212 g/mol. The molecular formula is C11H20N2O2. The topological polar surface area (TPSA) is 49.4 Å². The van der Waals surface area contributed by atoms with Gasteiger partial charge in [0.2, 0.25) is 0 Å². The zero-order chi connectivity index (χ0) is 11.3. The third-order valence-electron chi connectivity index (χ3n) is 2.69. The van der Waals surface area contributed by atoms with Crippen LogP contribution in [0.2, 0.25) is 0 Å². The standard InChI is InChI=1S/C11H20N2O2/c1-3-6-12-11(15)13-7-4-5-10(13)8-9(2)14/h10H,3-8H2,1-2H3,(H,12,15). The van der Waals surface area contributed by atoms with Crippen LogP contribution < -0.4 is 5.32 Å². The minimum atomic E-state index is -0.0133. The fourth-order valence-corrected chi connectivity index (χ4v) is 1.98. The zero-order valence-electron chi connectivity index (χ0n) is 9.58. The van der Waals surface area contributed by atoms with Crippen molar-refractivity contribution in [3.8, 4) is 0 Å². The van der Waals surface area contributed by atoms with Gasteiger partial charge in [0.15, 0.2) is 0 Å². The van der Waals surface area contributed by atoms with E-state index in [-0.39, 0.29) is 17.9 Å². The number of amides is 2. The summed E-state index contributed by atoms with van der Waals surface area (Å²) >= 11 is 0. The van der Waals surface area contributed by atoms with Gasteiger partial charge in [-0.3, -0.25) is 4.79 Å². The van der Waals surface area contributed by atoms with E-state index in [1.807, 2.05) is 6.92 Å². The zero-order valence-corrected chi connectivity index (χ0v) is 9.58. The molecule has 15 heavy (non-hydrogen) atoms. The Bertz CT molecular complexity index is 241. The Morgan fingerprint density at radius 3 is 2.80 bits per heavy atom. The lowest BCUT2D eigenvalue weighted by Gasteiger charge is -2.24. The Kier molecular flexibility index (Phi) is 4.59. The van der Waals surface area contributed by atoms with E-state index >= 15 is 0 Å². The summed E-state index contributed by atoms with van der Waals surface area (Å²) in [4.78, 5) is 24.5. The molecule has 1 aliphatic rings. The first kappa shape index (κ1) is 12.0. The Hall–Kier alpha value is -1.06. The van der Waals surface area contributed by atoms with Gasteiger partial charge in [0.05, 0.1) is 0 Å². The van der Waals surface area contributed by atoms with Crippen LogP contribution in [0.25, 0.3) is 0 Å². The Balaban J connectivity index is 2.44. The number of hydrogen-bond acceptors (Lipinski definition) is 2. The molecule has 0 radical (unpaired) electrons. The van der Waals surface area contributed by atoms with Crippen LogP contribution in [0.5, 0.6) is 0 Å². The van der Waals surface area contributed by atoms with E-state index in [4.69, 9.17) is 0 Å². The van der Waals surface area contributed by atoms with Crippen molar-refractivity contribution < 1.29 is 9.59 Å². The number of ketones is 1. The van der Waals surface area contributed by atoms with Crippen molar-refractivity contribution in [1.29, 1.82) is 0 Å². The van der Waals surface area contributed by atoms with Gasteiger partial charge in [-0.2, -0.15) is 0 Å². The van der Waals surface area contributed by atoms with E-state index in [1.54, 1.807) is 11.8 Å². The van der Waals surface area contributed by atoms with Crippen LogP contribution in [-0.4, -0.2) is 35.8 Å². The van der Waals surface area contributed by atoms with E-state index < -0.39 is 0 Å². The first-order chi connectivity index (χ1) is 7.15. The maximum Gasteiger partial charge on any atom is 0.317 e. The highest BCUT2D eigenvalue weighted by Crippen LogP contribution is 2.20. The summed E-state index contributed by atoms with van der Waals surface area (Å²) in [5.41, 5.74) is 0. The molecule has 0 aromatic heterocycles. The third kappa shape index (κ3) is 3.53. The van der Waals surface area contributed by atoms with Crippen LogP contribution in [0.4, 0.5) is 4.79 Å². The Labute approximate surface area is 91.0 Å². The SMILES string of the molecule is CCCNC(=O)N1CCCC1CC(C)=O. The van der Waals surface area contributed by atoms with E-state index in [0.717, 1.165) is 25.8 Å². The van der Waals surface area contributed by atoms with Crippen LogP contribution in [0, 0.1) is 0 Å². The predicted octanol–water partition coefficient (Wildman–Crippen LogP) is 1.55. The summed E-state index contributed by atoms with van der Waals surface area (Å²) in [6.45, 7) is 5.10. The third-order valence-corrected chi connectivity index (χ3v) is 2.69. The summed E-state index contributed by atoms with van der Waals surface area (Å²) < 4.78 is 0. The van der Waals surface area contributed by atoms with Gasteiger partial charge in [-0.15, -0.1) is 0 Å². The Morgan fingerprint density at radius 2 is 2.20 bits per heavy atom. The molecule has 0 bridgehead atoms. The van der Waals surface area contributed by atoms with Crippen molar-refractivity contribution >= 4 is 11.8 Å². The number of carbonyl (C=O) groups is 2. The molecule has 0 spiro atoms. The number of rotatable bonds is 4. The van der Waals surface area contributed by atoms with Crippen LogP contribution >= 0.6 is 0 Å². The van der Waals surface area contributed by atoms with Crippen molar-refractivity contribution in [3.63, 3.8) is 0 Å². The first-order valence-corrected chi connectivity index (χ1v) is 5.69. The molecule has 4 heteroatoms. The van der Waals surface area contributed by atoms with Gasteiger partial charge >= 0.3 is 6.03 Å². The number of nitrogens with one attached hydrogen (secondary N) is 1. The Morgan fingerprint density at radius 1 is 1.47 bits per heavy atom. The molecule has 0 aliphatic carbocycles. The van der Waals surface area contributed by atoms with Gasteiger partial charge in [0.25, 0.3) is 0 Å². The summed E-state index contributed by atoms with van der Waals surface area (Å²) in [6.07, 6.45) is 3.41. The first-order valence-electron chi connectivity index (χ1n) is 5.69. The van der Waals surface area contributed by atoms with Crippen LogP contribution in [0.1, 0.15) is 39.5 Å². The van der Waals surface area contributed by atoms with Crippen molar-refractivity contribution in [2.75, 3.05) is 13.1 Å². The molecular weight excluding hydrogens is 192 g/mol. The molecule has 1 fully saturated rings. The van der Waals surface area contributed by atoms with Gasteiger partial charge in [-0.1, -0.05) is 6.92 Å². The number of likely N-dealkylation sites (tertiary alicyclic amines) is 1. The normalized spacial score (nSPS) is 20.4. The molecule has 4 nitrogen and oxygen atoms in total. The van der Waals surface area contributed by atoms with Gasteiger partial charge < -0.3 is 10.2 Å². The summed E-state index contributed by atoms with van der Waals surface area (Å²) in [5, 5.41) is 2.85. The lowest BCUT2D eigenvalue weighted by molar-refractivity contribution is -0.117. The lowest BCUT2D eigenvalue weighted by atomic mass is 10.1. The smallest absolute Gasteiger partial charge is 0.317 e. The molecule has 0 saturated carbocycles. The molecule has 0 aromatic carbocycles. The molecule has 0 aromatic rings. The van der Waals surface area contributed by atoms with Gasteiger partial charge in [0.1, 0.15) is 5.78 Å². The number of carbonyl (C=O) groups excluding carboxylic acids is 2. The minimum Gasteiger partial charge on any atom is -0.338 e. The van der Waals surface area contributed by atoms with Gasteiger partial charge in [-0.05, 0) is 26.2 Å². The van der Waals surface area contributed by atoms with E-state index in [9.17, 15) is 9.59 Å². The number of hydrogen-bond donors (Lipinski definition) is 1. The molecule has 1 saturated heterocycles. The average molecular weight is 212 g/mol. The molecule has 1 atom stereocenters. The quantitative estimate of drug-likeness (QED) is 0.768. The number of nitrogens with zero attached hydrogens (tertiary/aromatic N) is 1.